The van der Waals surface area contributed by atoms with Gasteiger partial charge in [0.25, 0.3) is 5.88 Å². The van der Waals surface area contributed by atoms with Crippen LogP contribution >= 0.6 is 0 Å². The molecule has 3 rings (SSSR count). The number of esters is 1. The third-order valence-electron chi connectivity index (χ3n) is 3.45. The Balaban J connectivity index is 1.68. The Labute approximate surface area is 127 Å². The smallest absolute Gasteiger partial charge is 0.341 e. The second kappa shape index (κ2) is 5.67. The molecule has 3 heterocycles. The molecule has 0 aliphatic carbocycles. The van der Waals surface area contributed by atoms with Gasteiger partial charge in [0, 0.05) is 12.3 Å². The van der Waals surface area contributed by atoms with Gasteiger partial charge in [-0.15, -0.1) is 0 Å². The molecule has 0 aromatic carbocycles. The van der Waals surface area contributed by atoms with E-state index in [0.29, 0.717) is 36.1 Å². The van der Waals surface area contributed by atoms with E-state index in [2.05, 4.69) is 10.1 Å². The van der Waals surface area contributed by atoms with Gasteiger partial charge in [-0.3, -0.25) is 0 Å². The molecule has 1 fully saturated rings. The van der Waals surface area contributed by atoms with Crippen LogP contribution in [0.4, 0.5) is 5.82 Å². The summed E-state index contributed by atoms with van der Waals surface area (Å²) in [6, 6.07) is 3.52. The number of nitrogens with zero attached hydrogens (tertiary/aromatic N) is 3. The van der Waals surface area contributed by atoms with Crippen LogP contribution in [0.1, 0.15) is 21.7 Å². The maximum absolute atomic E-state index is 11.9. The fourth-order valence-corrected chi connectivity index (χ4v) is 2.33. The van der Waals surface area contributed by atoms with E-state index in [-0.39, 0.29) is 12.1 Å². The molecule has 0 unspecified atom stereocenters. The lowest BCUT2D eigenvalue weighted by Crippen LogP contribution is -2.54. The molecule has 7 nitrogen and oxygen atoms in total. The SMILES string of the molecule is COC(=O)c1cc(C)cnc1N1CC(Oc2cc(C)on2)C1. The van der Waals surface area contributed by atoms with Gasteiger partial charge >= 0.3 is 5.97 Å². The molecule has 1 saturated heterocycles. The fraction of sp³-hybridized carbons (Fsp3) is 0.400. The van der Waals surface area contributed by atoms with Crippen LogP contribution < -0.4 is 9.64 Å². The van der Waals surface area contributed by atoms with Crippen LogP contribution in [0.15, 0.2) is 22.9 Å². The van der Waals surface area contributed by atoms with E-state index < -0.39 is 0 Å². The van der Waals surface area contributed by atoms with E-state index in [0.717, 1.165) is 5.56 Å². The number of pyridine rings is 1. The second-order valence-corrected chi connectivity index (χ2v) is 5.30. The third kappa shape index (κ3) is 2.74. The first kappa shape index (κ1) is 14.4. The number of rotatable bonds is 4. The van der Waals surface area contributed by atoms with Gasteiger partial charge in [-0.25, -0.2) is 9.78 Å². The molecule has 0 amide bonds. The zero-order valence-electron chi connectivity index (χ0n) is 12.7. The van der Waals surface area contributed by atoms with Gasteiger partial charge < -0.3 is 18.9 Å². The largest absolute Gasteiger partial charge is 0.468 e. The highest BCUT2D eigenvalue weighted by molar-refractivity contribution is 5.95. The molecule has 0 atom stereocenters. The monoisotopic (exact) mass is 303 g/mol. The molecule has 1 aliphatic rings. The maximum atomic E-state index is 11.9. The maximum Gasteiger partial charge on any atom is 0.341 e. The molecule has 1 aliphatic heterocycles. The van der Waals surface area contributed by atoms with Crippen molar-refractivity contribution in [2.45, 2.75) is 20.0 Å². The van der Waals surface area contributed by atoms with Gasteiger partial charge in [0.05, 0.1) is 20.2 Å². The molecule has 0 N–H and O–H groups in total. The summed E-state index contributed by atoms with van der Waals surface area (Å²) in [5.74, 6) is 1.42. The fourth-order valence-electron chi connectivity index (χ4n) is 2.33. The molecule has 2 aromatic rings. The second-order valence-electron chi connectivity index (χ2n) is 5.30. The van der Waals surface area contributed by atoms with Crippen LogP contribution in [0, 0.1) is 13.8 Å². The lowest BCUT2D eigenvalue weighted by Gasteiger charge is -2.39. The van der Waals surface area contributed by atoms with Crippen molar-refractivity contribution in [1.82, 2.24) is 10.1 Å². The Morgan fingerprint density at radius 3 is 2.77 bits per heavy atom. The van der Waals surface area contributed by atoms with Crippen LogP contribution in [0.3, 0.4) is 0 Å². The minimum atomic E-state index is -0.386. The Morgan fingerprint density at radius 2 is 2.14 bits per heavy atom. The molecule has 0 radical (unpaired) electrons. The van der Waals surface area contributed by atoms with E-state index in [1.54, 1.807) is 18.3 Å². The minimum Gasteiger partial charge on any atom is -0.468 e. The Morgan fingerprint density at radius 1 is 1.36 bits per heavy atom. The third-order valence-corrected chi connectivity index (χ3v) is 3.45. The van der Waals surface area contributed by atoms with Gasteiger partial charge in [-0.2, -0.15) is 0 Å². The lowest BCUT2D eigenvalue weighted by molar-refractivity contribution is 0.0599. The van der Waals surface area contributed by atoms with Crippen molar-refractivity contribution in [2.75, 3.05) is 25.1 Å². The van der Waals surface area contributed by atoms with Gasteiger partial charge in [0.15, 0.2) is 0 Å². The summed E-state index contributed by atoms with van der Waals surface area (Å²) in [4.78, 5) is 18.2. The van der Waals surface area contributed by atoms with E-state index in [1.807, 2.05) is 18.7 Å². The molecule has 2 aromatic heterocycles. The van der Waals surface area contributed by atoms with Crippen molar-refractivity contribution in [3.05, 3.63) is 35.2 Å². The van der Waals surface area contributed by atoms with E-state index in [4.69, 9.17) is 14.0 Å². The lowest BCUT2D eigenvalue weighted by atomic mass is 10.1. The van der Waals surface area contributed by atoms with E-state index in [1.165, 1.54) is 7.11 Å². The van der Waals surface area contributed by atoms with Crippen LogP contribution in [-0.2, 0) is 4.74 Å². The minimum absolute atomic E-state index is 0.00176. The Kier molecular flexibility index (Phi) is 3.70. The molecule has 7 heteroatoms. The van der Waals surface area contributed by atoms with Gasteiger partial charge in [-0.05, 0) is 30.6 Å². The van der Waals surface area contributed by atoms with Crippen LogP contribution in [-0.4, -0.2) is 42.4 Å². The first-order chi connectivity index (χ1) is 10.6. The first-order valence-corrected chi connectivity index (χ1v) is 6.96. The summed E-state index contributed by atoms with van der Waals surface area (Å²) in [5.41, 5.74) is 1.38. The summed E-state index contributed by atoms with van der Waals surface area (Å²) in [6.07, 6.45) is 1.73. The van der Waals surface area contributed by atoms with Crippen molar-refractivity contribution >= 4 is 11.8 Å². The number of ether oxygens (including phenoxy) is 2. The number of anilines is 1. The summed E-state index contributed by atoms with van der Waals surface area (Å²) < 4.78 is 15.5. The van der Waals surface area contributed by atoms with Crippen LogP contribution in [0.5, 0.6) is 5.88 Å². The zero-order valence-corrected chi connectivity index (χ0v) is 12.7. The average Bonchev–Trinajstić information content (AvgIpc) is 2.87. The summed E-state index contributed by atoms with van der Waals surface area (Å²) in [6.45, 7) is 4.96. The number of aromatic nitrogens is 2. The standard InChI is InChI=1S/C15H17N3O4/c1-9-4-12(15(19)20-3)14(16-6-9)18-7-11(8-18)21-13-5-10(2)22-17-13/h4-6,11H,7-8H2,1-3H3. The number of hydrogen-bond donors (Lipinski definition) is 0. The highest BCUT2D eigenvalue weighted by atomic mass is 16.5. The quantitative estimate of drug-likeness (QED) is 0.796. The van der Waals surface area contributed by atoms with E-state index in [9.17, 15) is 4.79 Å². The molecule has 116 valence electrons. The molecular formula is C15H17N3O4. The van der Waals surface area contributed by atoms with Gasteiger partial charge in [-0.1, -0.05) is 0 Å². The molecule has 22 heavy (non-hydrogen) atoms. The first-order valence-electron chi connectivity index (χ1n) is 6.96. The summed E-state index contributed by atoms with van der Waals surface area (Å²) in [7, 11) is 1.36. The number of hydrogen-bond acceptors (Lipinski definition) is 7. The highest BCUT2D eigenvalue weighted by Crippen LogP contribution is 2.26. The Hall–Kier alpha value is -2.57. The van der Waals surface area contributed by atoms with Crippen LogP contribution in [0.25, 0.3) is 0 Å². The average molecular weight is 303 g/mol. The van der Waals surface area contributed by atoms with Crippen LogP contribution in [0.2, 0.25) is 0 Å². The number of methoxy groups -OCH3 is 1. The molecule has 0 bridgehead atoms. The van der Waals surface area contributed by atoms with E-state index >= 15 is 0 Å². The summed E-state index contributed by atoms with van der Waals surface area (Å²) in [5, 5.41) is 3.80. The van der Waals surface area contributed by atoms with Crippen molar-refractivity contribution in [3.63, 3.8) is 0 Å². The Bertz CT molecular complexity index is 692. The summed E-state index contributed by atoms with van der Waals surface area (Å²) >= 11 is 0. The molecule has 0 spiro atoms. The normalized spacial score (nSPS) is 14.6. The predicted octanol–water partition coefficient (Wildman–Crippen LogP) is 1.74. The number of carbonyl (C=O) groups excluding carboxylic acids is 1. The number of carbonyl (C=O) groups is 1. The topological polar surface area (TPSA) is 77.7 Å². The zero-order chi connectivity index (χ0) is 15.7. The van der Waals surface area contributed by atoms with Crippen molar-refractivity contribution < 1.29 is 18.8 Å². The predicted molar refractivity (Wildman–Crippen MR) is 78.2 cm³/mol. The van der Waals surface area contributed by atoms with Gasteiger partial charge in [0.1, 0.15) is 23.2 Å². The molecule has 0 saturated carbocycles. The highest BCUT2D eigenvalue weighted by Gasteiger charge is 2.33. The number of aryl methyl sites for hydroxylation is 2. The van der Waals surface area contributed by atoms with Crippen molar-refractivity contribution in [1.29, 1.82) is 0 Å². The van der Waals surface area contributed by atoms with Crippen molar-refractivity contribution in [3.8, 4) is 5.88 Å². The molecular weight excluding hydrogens is 286 g/mol. The van der Waals surface area contributed by atoms with Crippen molar-refractivity contribution in [2.24, 2.45) is 0 Å². The van der Waals surface area contributed by atoms with Gasteiger partial charge in [0.2, 0.25) is 0 Å².